The van der Waals surface area contributed by atoms with Gasteiger partial charge in [0.1, 0.15) is 11.2 Å². The van der Waals surface area contributed by atoms with Crippen LogP contribution < -0.4 is 10.6 Å². The number of fused-ring (bicyclic) bond motifs is 3. The number of benzene rings is 1. The monoisotopic (exact) mass is 310 g/mol. The van der Waals surface area contributed by atoms with Crippen molar-refractivity contribution in [1.82, 2.24) is 5.32 Å². The van der Waals surface area contributed by atoms with E-state index in [0.29, 0.717) is 0 Å². The molecule has 3 nitrogen and oxygen atoms in total. The second-order valence-corrected chi connectivity index (χ2v) is 6.89. The molecule has 1 aromatic heterocycles. The van der Waals surface area contributed by atoms with Gasteiger partial charge >= 0.3 is 0 Å². The van der Waals surface area contributed by atoms with Crippen molar-refractivity contribution in [2.24, 2.45) is 0 Å². The minimum absolute atomic E-state index is 0.0656. The van der Waals surface area contributed by atoms with Crippen molar-refractivity contribution in [1.29, 1.82) is 0 Å². The third-order valence-corrected chi connectivity index (χ3v) is 5.48. The molecular weight excluding hydrogens is 292 g/mol. The normalized spacial score (nSPS) is 20.2. The summed E-state index contributed by atoms with van der Waals surface area (Å²) in [5.74, 6) is 0.0656. The van der Waals surface area contributed by atoms with Gasteiger partial charge in [-0.3, -0.25) is 4.79 Å². The second-order valence-electron chi connectivity index (χ2n) is 5.78. The highest BCUT2D eigenvalue weighted by Crippen LogP contribution is 2.39. The van der Waals surface area contributed by atoms with Crippen LogP contribution in [-0.4, -0.2) is 12.1 Å². The van der Waals surface area contributed by atoms with Crippen LogP contribution in [0, 0.1) is 0 Å². The Hall–Kier alpha value is -2.07. The summed E-state index contributed by atoms with van der Waals surface area (Å²) in [5.41, 5.74) is 3.31. The van der Waals surface area contributed by atoms with Crippen LogP contribution in [0.15, 0.2) is 36.4 Å². The Labute approximate surface area is 134 Å². The smallest absolute Gasteiger partial charge is 0.256 e. The summed E-state index contributed by atoms with van der Waals surface area (Å²) in [6.07, 6.45) is 8.50. The summed E-state index contributed by atoms with van der Waals surface area (Å²) in [7, 11) is 0. The Kier molecular flexibility index (Phi) is 3.47. The summed E-state index contributed by atoms with van der Waals surface area (Å²) in [6, 6.07) is 10.1. The van der Waals surface area contributed by atoms with Crippen LogP contribution in [0.5, 0.6) is 0 Å². The lowest BCUT2D eigenvalue weighted by atomic mass is 9.94. The zero-order valence-corrected chi connectivity index (χ0v) is 13.1. The number of amides is 1. The van der Waals surface area contributed by atoms with E-state index in [0.717, 1.165) is 29.0 Å². The first-order chi connectivity index (χ1) is 10.8. The van der Waals surface area contributed by atoms with Crippen molar-refractivity contribution in [2.45, 2.75) is 31.8 Å². The third kappa shape index (κ3) is 2.44. The van der Waals surface area contributed by atoms with E-state index in [1.165, 1.54) is 23.3 Å². The fourth-order valence-corrected chi connectivity index (χ4v) is 4.49. The summed E-state index contributed by atoms with van der Waals surface area (Å²) in [4.78, 5) is 13.9. The predicted octanol–water partition coefficient (Wildman–Crippen LogP) is 3.82. The van der Waals surface area contributed by atoms with Gasteiger partial charge in [0.05, 0.1) is 5.56 Å². The van der Waals surface area contributed by atoms with Crippen LogP contribution in [0.4, 0.5) is 5.00 Å². The van der Waals surface area contributed by atoms with Crippen LogP contribution in [0.3, 0.4) is 0 Å². The van der Waals surface area contributed by atoms with Gasteiger partial charge < -0.3 is 10.6 Å². The average molecular weight is 310 g/mol. The number of hydrogen-bond acceptors (Lipinski definition) is 3. The number of thiophene rings is 1. The number of anilines is 1. The molecule has 1 unspecified atom stereocenters. The number of rotatable bonds is 2. The number of carbonyl (C=O) groups is 1. The molecular formula is C18H18N2OS. The van der Waals surface area contributed by atoms with Gasteiger partial charge in [-0.05, 0) is 42.9 Å². The lowest BCUT2D eigenvalue weighted by Crippen LogP contribution is -2.43. The summed E-state index contributed by atoms with van der Waals surface area (Å²) in [6.45, 7) is 0. The standard InChI is InChI=1S/C18H18N2OS/c21-17-16-13-8-4-5-9-14(13)22-18(16)20-15(19-17)11-10-12-6-2-1-3-7-12/h1-3,6-7,10-11,15,20H,4-5,8-9H2,(H,19,21)/b11-10+. The van der Waals surface area contributed by atoms with Gasteiger partial charge in [-0.25, -0.2) is 0 Å². The van der Waals surface area contributed by atoms with E-state index in [1.54, 1.807) is 11.3 Å². The van der Waals surface area contributed by atoms with E-state index in [-0.39, 0.29) is 12.1 Å². The van der Waals surface area contributed by atoms with Crippen molar-refractivity contribution in [2.75, 3.05) is 5.32 Å². The molecule has 2 heterocycles. The molecule has 1 aliphatic heterocycles. The topological polar surface area (TPSA) is 41.1 Å². The predicted molar refractivity (Wildman–Crippen MR) is 91.3 cm³/mol. The maximum absolute atomic E-state index is 12.5. The van der Waals surface area contributed by atoms with Crippen LogP contribution >= 0.6 is 11.3 Å². The SMILES string of the molecule is O=C1NC(/C=C/c2ccccc2)Nc2sc3c(c21)CCCC3. The molecule has 2 aliphatic rings. The largest absolute Gasteiger partial charge is 0.353 e. The van der Waals surface area contributed by atoms with E-state index < -0.39 is 0 Å². The van der Waals surface area contributed by atoms with E-state index in [1.807, 2.05) is 30.4 Å². The number of hydrogen-bond donors (Lipinski definition) is 2. The first-order valence-electron chi connectivity index (χ1n) is 7.76. The summed E-state index contributed by atoms with van der Waals surface area (Å²) >= 11 is 1.76. The maximum atomic E-state index is 12.5. The van der Waals surface area contributed by atoms with Crippen LogP contribution in [0.1, 0.15) is 39.2 Å². The quantitative estimate of drug-likeness (QED) is 0.885. The molecule has 1 amide bonds. The molecule has 0 saturated carbocycles. The lowest BCUT2D eigenvalue weighted by Gasteiger charge is -2.24. The molecule has 0 saturated heterocycles. The average Bonchev–Trinajstić information content (AvgIpc) is 2.92. The minimum atomic E-state index is -0.139. The molecule has 112 valence electrons. The van der Waals surface area contributed by atoms with Gasteiger partial charge in [0, 0.05) is 4.88 Å². The molecule has 2 N–H and O–H groups in total. The molecule has 0 radical (unpaired) electrons. The molecule has 0 fully saturated rings. The zero-order valence-electron chi connectivity index (χ0n) is 12.3. The third-order valence-electron chi connectivity index (χ3n) is 4.25. The van der Waals surface area contributed by atoms with E-state index >= 15 is 0 Å². The molecule has 1 aliphatic carbocycles. The highest BCUT2D eigenvalue weighted by molar-refractivity contribution is 7.16. The number of aryl methyl sites for hydroxylation is 1. The van der Waals surface area contributed by atoms with E-state index in [4.69, 9.17) is 0 Å². The van der Waals surface area contributed by atoms with Crippen molar-refractivity contribution in [3.63, 3.8) is 0 Å². The Morgan fingerprint density at radius 3 is 2.77 bits per heavy atom. The zero-order chi connectivity index (χ0) is 14.9. The van der Waals surface area contributed by atoms with Crippen molar-refractivity contribution in [3.8, 4) is 0 Å². The van der Waals surface area contributed by atoms with Crippen LogP contribution in [-0.2, 0) is 12.8 Å². The number of nitrogens with one attached hydrogen (secondary N) is 2. The fraction of sp³-hybridized carbons (Fsp3) is 0.278. The van der Waals surface area contributed by atoms with Gasteiger partial charge in [0.15, 0.2) is 0 Å². The van der Waals surface area contributed by atoms with Crippen molar-refractivity contribution in [3.05, 3.63) is 58.0 Å². The maximum Gasteiger partial charge on any atom is 0.256 e. The van der Waals surface area contributed by atoms with Gasteiger partial charge in [-0.2, -0.15) is 0 Å². The van der Waals surface area contributed by atoms with Gasteiger partial charge in [0.2, 0.25) is 0 Å². The Balaban J connectivity index is 1.58. The second kappa shape index (κ2) is 5.61. The fourth-order valence-electron chi connectivity index (χ4n) is 3.17. The highest BCUT2D eigenvalue weighted by atomic mass is 32.1. The van der Waals surface area contributed by atoms with Gasteiger partial charge in [0.25, 0.3) is 5.91 Å². The van der Waals surface area contributed by atoms with Gasteiger partial charge in [-0.15, -0.1) is 11.3 Å². The van der Waals surface area contributed by atoms with E-state index in [2.05, 4.69) is 22.8 Å². The first-order valence-corrected chi connectivity index (χ1v) is 8.58. The minimum Gasteiger partial charge on any atom is -0.353 e. The van der Waals surface area contributed by atoms with Crippen LogP contribution in [0.25, 0.3) is 6.08 Å². The van der Waals surface area contributed by atoms with E-state index in [9.17, 15) is 4.79 Å². The first kappa shape index (κ1) is 13.6. The highest BCUT2D eigenvalue weighted by Gasteiger charge is 2.30. The van der Waals surface area contributed by atoms with Crippen molar-refractivity contribution < 1.29 is 4.79 Å². The Morgan fingerprint density at radius 1 is 1.09 bits per heavy atom. The Morgan fingerprint density at radius 2 is 1.91 bits per heavy atom. The van der Waals surface area contributed by atoms with Crippen LogP contribution in [0.2, 0.25) is 0 Å². The molecule has 22 heavy (non-hydrogen) atoms. The molecule has 2 aromatic rings. The molecule has 1 atom stereocenters. The number of carbonyl (C=O) groups excluding carboxylic acids is 1. The van der Waals surface area contributed by atoms with Gasteiger partial charge in [-0.1, -0.05) is 36.4 Å². The molecule has 4 heteroatoms. The van der Waals surface area contributed by atoms with Crippen molar-refractivity contribution >= 4 is 28.3 Å². The molecule has 0 bridgehead atoms. The summed E-state index contributed by atoms with van der Waals surface area (Å²) in [5, 5.41) is 7.54. The summed E-state index contributed by atoms with van der Waals surface area (Å²) < 4.78 is 0. The molecule has 1 aromatic carbocycles. The lowest BCUT2D eigenvalue weighted by molar-refractivity contribution is 0.0943. The molecule has 0 spiro atoms. The molecule has 4 rings (SSSR count). The Bertz CT molecular complexity index is 733.